The quantitative estimate of drug-likeness (QED) is 0.848. The zero-order valence-corrected chi connectivity index (χ0v) is 13.3. The van der Waals surface area contributed by atoms with Crippen molar-refractivity contribution in [2.24, 2.45) is 5.92 Å². The summed E-state index contributed by atoms with van der Waals surface area (Å²) in [6.45, 7) is 8.35. The van der Waals surface area contributed by atoms with Crippen LogP contribution in [0.1, 0.15) is 24.5 Å². The highest BCUT2D eigenvalue weighted by Gasteiger charge is 2.19. The number of aryl methyl sites for hydroxylation is 1. The Morgan fingerprint density at radius 3 is 2.91 bits per heavy atom. The second-order valence-corrected chi connectivity index (χ2v) is 6.09. The fraction of sp³-hybridized carbons (Fsp3) is 0.529. The van der Waals surface area contributed by atoms with Crippen LogP contribution in [0, 0.1) is 5.92 Å². The highest BCUT2D eigenvalue weighted by molar-refractivity contribution is 5.10. The summed E-state index contributed by atoms with van der Waals surface area (Å²) in [6, 6.07) is 4.17. The molecule has 3 heterocycles. The monoisotopic (exact) mass is 299 g/mol. The van der Waals surface area contributed by atoms with Crippen LogP contribution in [0.2, 0.25) is 0 Å². The zero-order chi connectivity index (χ0) is 15.2. The van der Waals surface area contributed by atoms with Gasteiger partial charge in [0, 0.05) is 50.3 Å². The second kappa shape index (κ2) is 7.51. The molecule has 1 saturated heterocycles. The fourth-order valence-corrected chi connectivity index (χ4v) is 3.09. The highest BCUT2D eigenvalue weighted by atomic mass is 15.3. The molecule has 1 unspecified atom stereocenters. The van der Waals surface area contributed by atoms with Crippen molar-refractivity contribution >= 4 is 0 Å². The Morgan fingerprint density at radius 2 is 2.23 bits per heavy atom. The Balaban J connectivity index is 1.67. The number of rotatable bonds is 7. The molecule has 3 rings (SSSR count). The van der Waals surface area contributed by atoms with Crippen molar-refractivity contribution in [2.45, 2.75) is 33.0 Å². The number of nitrogens with one attached hydrogen (secondary N) is 1. The largest absolute Gasteiger partial charge is 0.316 e. The molecule has 22 heavy (non-hydrogen) atoms. The van der Waals surface area contributed by atoms with Crippen molar-refractivity contribution < 1.29 is 0 Å². The van der Waals surface area contributed by atoms with Gasteiger partial charge in [-0.1, -0.05) is 6.07 Å². The third-order valence-electron chi connectivity index (χ3n) is 4.22. The van der Waals surface area contributed by atoms with Gasteiger partial charge in [0.25, 0.3) is 0 Å². The van der Waals surface area contributed by atoms with E-state index in [2.05, 4.69) is 39.5 Å². The Hall–Kier alpha value is -1.72. The molecule has 0 radical (unpaired) electrons. The third-order valence-corrected chi connectivity index (χ3v) is 4.22. The summed E-state index contributed by atoms with van der Waals surface area (Å²) in [5.41, 5.74) is 2.56. The first-order chi connectivity index (χ1) is 10.8. The molecule has 1 aliphatic rings. The Morgan fingerprint density at radius 1 is 1.32 bits per heavy atom. The van der Waals surface area contributed by atoms with E-state index in [1.54, 1.807) is 0 Å². The van der Waals surface area contributed by atoms with Gasteiger partial charge in [0.15, 0.2) is 0 Å². The van der Waals surface area contributed by atoms with Gasteiger partial charge in [-0.25, -0.2) is 0 Å². The molecule has 1 atom stereocenters. The smallest absolute Gasteiger partial charge is 0.0534 e. The van der Waals surface area contributed by atoms with E-state index in [1.807, 2.05) is 29.3 Å². The molecule has 118 valence electrons. The van der Waals surface area contributed by atoms with E-state index in [4.69, 9.17) is 0 Å². The van der Waals surface area contributed by atoms with E-state index in [1.165, 1.54) is 17.5 Å². The molecule has 5 heteroatoms. The maximum atomic E-state index is 4.39. The summed E-state index contributed by atoms with van der Waals surface area (Å²) in [5.74, 6) is 0.748. The van der Waals surface area contributed by atoms with E-state index in [-0.39, 0.29) is 0 Å². The van der Waals surface area contributed by atoms with Crippen LogP contribution in [0.25, 0.3) is 0 Å². The Bertz CT molecular complexity index is 559. The van der Waals surface area contributed by atoms with Gasteiger partial charge in [-0.15, -0.1) is 0 Å². The topological polar surface area (TPSA) is 46.0 Å². The van der Waals surface area contributed by atoms with Crippen LogP contribution in [0.15, 0.2) is 36.9 Å². The molecule has 0 aromatic carbocycles. The lowest BCUT2D eigenvalue weighted by molar-refractivity contribution is 0.220. The van der Waals surface area contributed by atoms with Gasteiger partial charge in [-0.3, -0.25) is 14.6 Å². The first kappa shape index (κ1) is 15.2. The summed E-state index contributed by atoms with van der Waals surface area (Å²) in [5, 5.41) is 7.86. The summed E-state index contributed by atoms with van der Waals surface area (Å²) >= 11 is 0. The summed E-state index contributed by atoms with van der Waals surface area (Å²) in [7, 11) is 0. The van der Waals surface area contributed by atoms with Gasteiger partial charge in [-0.2, -0.15) is 5.10 Å². The highest BCUT2D eigenvalue weighted by Crippen LogP contribution is 2.15. The summed E-state index contributed by atoms with van der Waals surface area (Å²) in [4.78, 5) is 6.76. The molecule has 0 bridgehead atoms. The van der Waals surface area contributed by atoms with E-state index in [0.29, 0.717) is 0 Å². The van der Waals surface area contributed by atoms with Crippen LogP contribution in [-0.2, 0) is 19.6 Å². The maximum absolute atomic E-state index is 4.39. The normalized spacial score (nSPS) is 18.2. The molecular weight excluding hydrogens is 274 g/mol. The molecule has 0 amide bonds. The van der Waals surface area contributed by atoms with Crippen LogP contribution in [0.5, 0.6) is 0 Å². The molecule has 0 spiro atoms. The minimum absolute atomic E-state index is 0.748. The average Bonchev–Trinajstić information content (AvgIpc) is 3.20. The van der Waals surface area contributed by atoms with E-state index < -0.39 is 0 Å². The van der Waals surface area contributed by atoms with Crippen molar-refractivity contribution in [2.75, 3.05) is 19.6 Å². The predicted octanol–water partition coefficient (Wildman–Crippen LogP) is 1.91. The predicted molar refractivity (Wildman–Crippen MR) is 87.2 cm³/mol. The van der Waals surface area contributed by atoms with Crippen molar-refractivity contribution in [3.8, 4) is 0 Å². The fourth-order valence-electron chi connectivity index (χ4n) is 3.09. The van der Waals surface area contributed by atoms with Gasteiger partial charge in [0.05, 0.1) is 6.20 Å². The molecular formula is C17H25N5. The zero-order valence-electron chi connectivity index (χ0n) is 13.3. The van der Waals surface area contributed by atoms with Crippen molar-refractivity contribution in [1.29, 1.82) is 0 Å². The molecule has 0 aliphatic carbocycles. The lowest BCUT2D eigenvalue weighted by Gasteiger charge is -2.24. The van der Waals surface area contributed by atoms with Gasteiger partial charge in [0.2, 0.25) is 0 Å². The second-order valence-electron chi connectivity index (χ2n) is 6.09. The van der Waals surface area contributed by atoms with Crippen molar-refractivity contribution in [3.63, 3.8) is 0 Å². The molecule has 1 aliphatic heterocycles. The molecule has 1 N–H and O–H groups in total. The standard InChI is InChI=1S/C17H25N5/c1-2-22-14-17(10-20-22)13-21(12-16-5-7-19-9-16)11-15-4-3-6-18-8-15/h3-4,6,8,10,14,16,19H,2,5,7,9,11-13H2,1H3. The minimum atomic E-state index is 0.748. The number of nitrogens with zero attached hydrogens (tertiary/aromatic N) is 4. The van der Waals surface area contributed by atoms with Crippen molar-refractivity contribution in [3.05, 3.63) is 48.0 Å². The Kier molecular flexibility index (Phi) is 5.19. The number of pyridine rings is 1. The van der Waals surface area contributed by atoms with Gasteiger partial charge >= 0.3 is 0 Å². The maximum Gasteiger partial charge on any atom is 0.0534 e. The molecule has 5 nitrogen and oxygen atoms in total. The van der Waals surface area contributed by atoms with Crippen LogP contribution >= 0.6 is 0 Å². The van der Waals surface area contributed by atoms with Gasteiger partial charge < -0.3 is 5.32 Å². The summed E-state index contributed by atoms with van der Waals surface area (Å²) in [6.07, 6.45) is 9.23. The van der Waals surface area contributed by atoms with Gasteiger partial charge in [0.1, 0.15) is 0 Å². The number of hydrogen-bond donors (Lipinski definition) is 1. The molecule has 2 aromatic rings. The van der Waals surface area contributed by atoms with Crippen molar-refractivity contribution in [1.82, 2.24) is 25.0 Å². The summed E-state index contributed by atoms with van der Waals surface area (Å²) < 4.78 is 1.99. The van der Waals surface area contributed by atoms with E-state index in [9.17, 15) is 0 Å². The first-order valence-corrected chi connectivity index (χ1v) is 8.17. The third kappa shape index (κ3) is 4.15. The number of aromatic nitrogens is 3. The van der Waals surface area contributed by atoms with E-state index in [0.717, 1.165) is 45.2 Å². The minimum Gasteiger partial charge on any atom is -0.316 e. The Labute approximate surface area is 132 Å². The molecule has 0 saturated carbocycles. The van der Waals surface area contributed by atoms with Gasteiger partial charge in [-0.05, 0) is 44.0 Å². The van der Waals surface area contributed by atoms with Crippen LogP contribution < -0.4 is 5.32 Å². The molecule has 1 fully saturated rings. The van der Waals surface area contributed by atoms with Crippen LogP contribution in [-0.4, -0.2) is 39.3 Å². The lowest BCUT2D eigenvalue weighted by atomic mass is 10.1. The average molecular weight is 299 g/mol. The molecule has 2 aromatic heterocycles. The first-order valence-electron chi connectivity index (χ1n) is 8.17. The van der Waals surface area contributed by atoms with Crippen LogP contribution in [0.3, 0.4) is 0 Å². The van der Waals surface area contributed by atoms with E-state index >= 15 is 0 Å². The SMILES string of the molecule is CCn1cc(CN(Cc2cccnc2)CC2CCNC2)cn1. The van der Waals surface area contributed by atoms with Crippen LogP contribution in [0.4, 0.5) is 0 Å². The lowest BCUT2D eigenvalue weighted by Crippen LogP contribution is -2.29. The number of hydrogen-bond acceptors (Lipinski definition) is 4.